The van der Waals surface area contributed by atoms with Gasteiger partial charge in [-0.15, -0.1) is 11.6 Å². The summed E-state index contributed by atoms with van der Waals surface area (Å²) in [6, 6.07) is 2.63. The Morgan fingerprint density at radius 3 is 3.14 bits per heavy atom. The van der Waals surface area contributed by atoms with Crippen molar-refractivity contribution in [3.05, 3.63) is 24.0 Å². The van der Waals surface area contributed by atoms with Crippen LogP contribution in [-0.4, -0.2) is 17.6 Å². The lowest BCUT2D eigenvalue weighted by molar-refractivity contribution is 0.732. The summed E-state index contributed by atoms with van der Waals surface area (Å²) < 4.78 is 0. The topological polar surface area (TPSA) is 16.1 Å². The third-order valence-corrected chi connectivity index (χ3v) is 3.18. The molecule has 1 aromatic heterocycles. The van der Waals surface area contributed by atoms with Gasteiger partial charge >= 0.3 is 0 Å². The third kappa shape index (κ3) is 1.71. The number of alkyl halides is 1. The van der Waals surface area contributed by atoms with E-state index >= 15 is 0 Å². The van der Waals surface area contributed by atoms with E-state index in [0.29, 0.717) is 11.9 Å². The van der Waals surface area contributed by atoms with E-state index < -0.39 is 0 Å². The van der Waals surface area contributed by atoms with Gasteiger partial charge < -0.3 is 4.90 Å². The monoisotopic (exact) mass is 210 g/mol. The summed E-state index contributed by atoms with van der Waals surface area (Å²) in [6.45, 7) is 3.40. The number of halogens is 1. The van der Waals surface area contributed by atoms with Gasteiger partial charge in [-0.1, -0.05) is 0 Å². The van der Waals surface area contributed by atoms with Crippen LogP contribution in [0.25, 0.3) is 0 Å². The van der Waals surface area contributed by atoms with Crippen molar-refractivity contribution in [3.63, 3.8) is 0 Å². The van der Waals surface area contributed by atoms with Crippen LogP contribution in [0.1, 0.15) is 25.3 Å². The predicted molar refractivity (Wildman–Crippen MR) is 59.8 cm³/mol. The molecule has 0 aromatic carbocycles. The fourth-order valence-corrected chi connectivity index (χ4v) is 2.30. The molecule has 0 radical (unpaired) electrons. The summed E-state index contributed by atoms with van der Waals surface area (Å²) in [6.07, 6.45) is 6.29. The Kier molecular flexibility index (Phi) is 2.92. The Labute approximate surface area is 89.9 Å². The summed E-state index contributed by atoms with van der Waals surface area (Å²) in [4.78, 5) is 6.58. The third-order valence-electron chi connectivity index (χ3n) is 2.89. The fourth-order valence-electron chi connectivity index (χ4n) is 2.08. The van der Waals surface area contributed by atoms with Gasteiger partial charge in [0.2, 0.25) is 0 Å². The fraction of sp³-hybridized carbons (Fsp3) is 0.545. The second-order valence-corrected chi connectivity index (χ2v) is 4.09. The first kappa shape index (κ1) is 9.78. The quantitative estimate of drug-likeness (QED) is 0.698. The van der Waals surface area contributed by atoms with Gasteiger partial charge in [0.05, 0.1) is 11.9 Å². The summed E-state index contributed by atoms with van der Waals surface area (Å²) in [5.41, 5.74) is 2.41. The molecule has 0 N–H and O–H groups in total. The summed E-state index contributed by atoms with van der Waals surface area (Å²) >= 11 is 5.90. The number of hydrogen-bond acceptors (Lipinski definition) is 2. The number of rotatable bonds is 2. The molecule has 1 aliphatic rings. The Hall–Kier alpha value is -0.760. The molecule has 0 saturated carbocycles. The van der Waals surface area contributed by atoms with Crippen molar-refractivity contribution >= 4 is 17.3 Å². The molecule has 2 heterocycles. The minimum absolute atomic E-state index is 0.571. The van der Waals surface area contributed by atoms with Crippen LogP contribution >= 0.6 is 11.6 Å². The lowest BCUT2D eigenvalue weighted by Gasteiger charge is -2.25. The van der Waals surface area contributed by atoms with Gasteiger partial charge in [-0.3, -0.25) is 4.98 Å². The standard InChI is InChI=1S/C11H15ClN2/c1-9-3-2-6-14(9)11-8-13-5-4-10(11)7-12/h4-5,8-9H,2-3,6-7H2,1H3. The van der Waals surface area contributed by atoms with E-state index in [4.69, 9.17) is 11.6 Å². The SMILES string of the molecule is CC1CCCN1c1cnccc1CCl. The minimum Gasteiger partial charge on any atom is -0.367 e. The number of anilines is 1. The van der Waals surface area contributed by atoms with Crippen molar-refractivity contribution < 1.29 is 0 Å². The summed E-state index contributed by atoms with van der Waals surface area (Å²) in [5, 5.41) is 0. The Morgan fingerprint density at radius 1 is 1.64 bits per heavy atom. The van der Waals surface area contributed by atoms with Gasteiger partial charge in [0.25, 0.3) is 0 Å². The molecular weight excluding hydrogens is 196 g/mol. The summed E-state index contributed by atoms with van der Waals surface area (Å²) in [5.74, 6) is 0.571. The van der Waals surface area contributed by atoms with Crippen molar-refractivity contribution in [2.75, 3.05) is 11.4 Å². The molecule has 2 rings (SSSR count). The van der Waals surface area contributed by atoms with Crippen LogP contribution in [0.15, 0.2) is 18.5 Å². The van der Waals surface area contributed by atoms with Crippen LogP contribution in [0.5, 0.6) is 0 Å². The van der Waals surface area contributed by atoms with Crippen molar-refractivity contribution in [1.29, 1.82) is 0 Å². The van der Waals surface area contributed by atoms with Crippen molar-refractivity contribution in [1.82, 2.24) is 4.98 Å². The van der Waals surface area contributed by atoms with E-state index in [9.17, 15) is 0 Å². The van der Waals surface area contributed by atoms with Crippen LogP contribution in [0.2, 0.25) is 0 Å². The highest BCUT2D eigenvalue weighted by Crippen LogP contribution is 2.28. The molecule has 0 aliphatic carbocycles. The normalized spacial score (nSPS) is 21.6. The van der Waals surface area contributed by atoms with E-state index in [1.807, 2.05) is 18.5 Å². The smallest absolute Gasteiger partial charge is 0.0599 e. The largest absolute Gasteiger partial charge is 0.367 e. The lowest BCUT2D eigenvalue weighted by atomic mass is 10.2. The minimum atomic E-state index is 0.571. The number of pyridine rings is 1. The first-order valence-electron chi connectivity index (χ1n) is 5.08. The number of hydrogen-bond donors (Lipinski definition) is 0. The van der Waals surface area contributed by atoms with E-state index in [1.54, 1.807) is 0 Å². The zero-order valence-corrected chi connectivity index (χ0v) is 9.17. The zero-order chi connectivity index (χ0) is 9.97. The molecule has 1 aromatic rings. The number of aromatic nitrogens is 1. The van der Waals surface area contributed by atoms with Crippen LogP contribution in [0.4, 0.5) is 5.69 Å². The molecule has 0 amide bonds. The van der Waals surface area contributed by atoms with Gasteiger partial charge in [-0.25, -0.2) is 0 Å². The van der Waals surface area contributed by atoms with Crippen LogP contribution in [0.3, 0.4) is 0 Å². The molecule has 3 heteroatoms. The van der Waals surface area contributed by atoms with E-state index in [-0.39, 0.29) is 0 Å². The molecule has 2 nitrogen and oxygen atoms in total. The highest BCUT2D eigenvalue weighted by molar-refractivity contribution is 6.17. The average Bonchev–Trinajstić information content (AvgIpc) is 2.64. The Balaban J connectivity index is 2.30. The molecule has 1 aliphatic heterocycles. The van der Waals surface area contributed by atoms with Gasteiger partial charge in [0, 0.05) is 24.7 Å². The van der Waals surface area contributed by atoms with Gasteiger partial charge in [0.15, 0.2) is 0 Å². The first-order valence-corrected chi connectivity index (χ1v) is 5.62. The molecule has 0 bridgehead atoms. The maximum atomic E-state index is 5.90. The first-order chi connectivity index (χ1) is 6.83. The molecule has 0 spiro atoms. The van der Waals surface area contributed by atoms with Crippen LogP contribution < -0.4 is 4.90 Å². The maximum Gasteiger partial charge on any atom is 0.0599 e. The van der Waals surface area contributed by atoms with Gasteiger partial charge in [-0.05, 0) is 31.4 Å². The van der Waals surface area contributed by atoms with Crippen molar-refractivity contribution in [2.24, 2.45) is 0 Å². The highest BCUT2D eigenvalue weighted by Gasteiger charge is 2.22. The van der Waals surface area contributed by atoms with Crippen LogP contribution in [-0.2, 0) is 5.88 Å². The Morgan fingerprint density at radius 2 is 2.50 bits per heavy atom. The molecule has 1 saturated heterocycles. The molecule has 76 valence electrons. The zero-order valence-electron chi connectivity index (χ0n) is 8.41. The maximum absolute atomic E-state index is 5.90. The average molecular weight is 211 g/mol. The second kappa shape index (κ2) is 4.18. The molecule has 14 heavy (non-hydrogen) atoms. The second-order valence-electron chi connectivity index (χ2n) is 3.82. The van der Waals surface area contributed by atoms with E-state index in [1.165, 1.54) is 24.1 Å². The van der Waals surface area contributed by atoms with E-state index in [2.05, 4.69) is 16.8 Å². The molecular formula is C11H15ClN2. The highest BCUT2D eigenvalue weighted by atomic mass is 35.5. The van der Waals surface area contributed by atoms with Crippen molar-refractivity contribution in [2.45, 2.75) is 31.7 Å². The molecule has 1 unspecified atom stereocenters. The van der Waals surface area contributed by atoms with E-state index in [0.717, 1.165) is 6.54 Å². The van der Waals surface area contributed by atoms with Crippen molar-refractivity contribution in [3.8, 4) is 0 Å². The summed E-state index contributed by atoms with van der Waals surface area (Å²) in [7, 11) is 0. The number of nitrogens with zero attached hydrogens (tertiary/aromatic N) is 2. The van der Waals surface area contributed by atoms with Gasteiger partial charge in [0.1, 0.15) is 0 Å². The molecule has 1 atom stereocenters. The van der Waals surface area contributed by atoms with Crippen LogP contribution in [0, 0.1) is 0 Å². The lowest BCUT2D eigenvalue weighted by Crippen LogP contribution is -2.27. The molecule has 1 fully saturated rings. The van der Waals surface area contributed by atoms with Gasteiger partial charge in [-0.2, -0.15) is 0 Å². The predicted octanol–water partition coefficient (Wildman–Crippen LogP) is 2.81. The Bertz CT molecular complexity index is 314.